The summed E-state index contributed by atoms with van der Waals surface area (Å²) >= 11 is 0. The standard InChI is InChI=1S/C13H18/c1-4-6-7-8-9-10-11-12-13(3)5-2/h4-6,9-10,13H,2,7-8H2,1,3H3. The molecule has 0 spiro atoms. The molecule has 0 N–H and O–H groups in total. The first-order valence-electron chi connectivity index (χ1n) is 4.71. The Hall–Kier alpha value is -1.22. The van der Waals surface area contributed by atoms with E-state index in [1.165, 1.54) is 0 Å². The van der Waals surface area contributed by atoms with Crippen LogP contribution in [0.4, 0.5) is 0 Å². The summed E-state index contributed by atoms with van der Waals surface area (Å²) in [6, 6.07) is 0. The molecule has 13 heavy (non-hydrogen) atoms. The summed E-state index contributed by atoms with van der Waals surface area (Å²) in [5, 5.41) is 0. The summed E-state index contributed by atoms with van der Waals surface area (Å²) in [7, 11) is 0. The van der Waals surface area contributed by atoms with Gasteiger partial charge in [0.15, 0.2) is 0 Å². The maximum Gasteiger partial charge on any atom is 0.0355 e. The zero-order chi connectivity index (χ0) is 9.94. The van der Waals surface area contributed by atoms with Crippen LogP contribution in [0.15, 0.2) is 37.0 Å². The molecule has 0 saturated heterocycles. The van der Waals surface area contributed by atoms with Crippen molar-refractivity contribution in [2.45, 2.75) is 26.7 Å². The molecule has 0 aromatic heterocycles. The van der Waals surface area contributed by atoms with Gasteiger partial charge >= 0.3 is 0 Å². The van der Waals surface area contributed by atoms with Gasteiger partial charge in [-0.2, -0.15) is 0 Å². The lowest BCUT2D eigenvalue weighted by atomic mass is 10.2. The number of rotatable bonds is 4. The highest BCUT2D eigenvalue weighted by atomic mass is 13.9. The minimum Gasteiger partial charge on any atom is -0.102 e. The minimum absolute atomic E-state index is 0.292. The summed E-state index contributed by atoms with van der Waals surface area (Å²) in [4.78, 5) is 0. The average molecular weight is 174 g/mol. The van der Waals surface area contributed by atoms with Crippen LogP contribution < -0.4 is 0 Å². The van der Waals surface area contributed by atoms with Crippen LogP contribution in [0.2, 0.25) is 0 Å². The van der Waals surface area contributed by atoms with E-state index in [4.69, 9.17) is 0 Å². The fourth-order valence-electron chi connectivity index (χ4n) is 0.740. The van der Waals surface area contributed by atoms with Gasteiger partial charge in [0.25, 0.3) is 0 Å². The third kappa shape index (κ3) is 8.69. The highest BCUT2D eigenvalue weighted by Crippen LogP contribution is 1.93. The summed E-state index contributed by atoms with van der Waals surface area (Å²) in [6.45, 7) is 7.74. The predicted molar refractivity (Wildman–Crippen MR) is 60.3 cm³/mol. The van der Waals surface area contributed by atoms with Crippen LogP contribution in [0.1, 0.15) is 26.7 Å². The van der Waals surface area contributed by atoms with Crippen molar-refractivity contribution >= 4 is 0 Å². The molecule has 0 saturated carbocycles. The Bertz CT molecular complexity index is 232. The third-order valence-corrected chi connectivity index (χ3v) is 1.60. The molecule has 0 fully saturated rings. The van der Waals surface area contributed by atoms with E-state index in [0.717, 1.165) is 12.8 Å². The maximum absolute atomic E-state index is 3.66. The Morgan fingerprint density at radius 2 is 2.00 bits per heavy atom. The van der Waals surface area contributed by atoms with E-state index in [1.54, 1.807) is 0 Å². The summed E-state index contributed by atoms with van der Waals surface area (Å²) in [5.74, 6) is 6.33. The highest BCUT2D eigenvalue weighted by molar-refractivity contribution is 5.18. The molecule has 0 aliphatic heterocycles. The van der Waals surface area contributed by atoms with Crippen LogP contribution in [0, 0.1) is 17.8 Å². The molecule has 0 aromatic carbocycles. The molecule has 0 radical (unpaired) electrons. The lowest BCUT2D eigenvalue weighted by Crippen LogP contribution is -1.78. The zero-order valence-electron chi connectivity index (χ0n) is 8.59. The molecule has 1 atom stereocenters. The van der Waals surface area contributed by atoms with Gasteiger partial charge in [-0.15, -0.1) is 6.58 Å². The first kappa shape index (κ1) is 11.8. The van der Waals surface area contributed by atoms with Gasteiger partial charge in [0.05, 0.1) is 0 Å². The van der Waals surface area contributed by atoms with Gasteiger partial charge in [-0.3, -0.25) is 0 Å². The number of allylic oxidation sites excluding steroid dienone is 5. The van der Waals surface area contributed by atoms with Crippen LogP contribution in [0.3, 0.4) is 0 Å². The van der Waals surface area contributed by atoms with Crippen LogP contribution in [0.25, 0.3) is 0 Å². The summed E-state index contributed by atoms with van der Waals surface area (Å²) in [6.07, 6.45) is 12.3. The SMILES string of the molecule is C=CC(C)C#CC=CCCC=CC. The third-order valence-electron chi connectivity index (χ3n) is 1.60. The molecule has 1 unspecified atom stereocenters. The molecule has 0 rings (SSSR count). The number of unbranched alkanes of at least 4 members (excludes halogenated alkanes) is 1. The Morgan fingerprint density at radius 3 is 2.62 bits per heavy atom. The van der Waals surface area contributed by atoms with Crippen molar-refractivity contribution in [1.82, 2.24) is 0 Å². The van der Waals surface area contributed by atoms with E-state index in [1.807, 2.05) is 26.0 Å². The Morgan fingerprint density at radius 1 is 1.31 bits per heavy atom. The molecule has 0 nitrogen and oxygen atoms in total. The lowest BCUT2D eigenvalue weighted by Gasteiger charge is -1.87. The quantitative estimate of drug-likeness (QED) is 0.346. The molecule has 0 heteroatoms. The van der Waals surface area contributed by atoms with Crippen molar-refractivity contribution in [2.75, 3.05) is 0 Å². The van der Waals surface area contributed by atoms with E-state index in [0.29, 0.717) is 5.92 Å². The van der Waals surface area contributed by atoms with E-state index >= 15 is 0 Å². The van der Waals surface area contributed by atoms with Crippen molar-refractivity contribution in [2.24, 2.45) is 5.92 Å². The summed E-state index contributed by atoms with van der Waals surface area (Å²) < 4.78 is 0. The zero-order valence-corrected chi connectivity index (χ0v) is 8.59. The van der Waals surface area contributed by atoms with Gasteiger partial charge in [-0.05, 0) is 32.8 Å². The fourth-order valence-corrected chi connectivity index (χ4v) is 0.740. The smallest absolute Gasteiger partial charge is 0.0355 e. The van der Waals surface area contributed by atoms with Crippen molar-refractivity contribution in [3.05, 3.63) is 37.0 Å². The van der Waals surface area contributed by atoms with Crippen LogP contribution in [0.5, 0.6) is 0 Å². The second kappa shape index (κ2) is 8.87. The molecule has 0 bridgehead atoms. The van der Waals surface area contributed by atoms with E-state index < -0.39 is 0 Å². The normalized spacial score (nSPS) is 12.8. The molecule has 0 aromatic rings. The van der Waals surface area contributed by atoms with Gasteiger partial charge in [-0.1, -0.05) is 36.1 Å². The van der Waals surface area contributed by atoms with Crippen molar-refractivity contribution in [3.8, 4) is 11.8 Å². The van der Waals surface area contributed by atoms with Gasteiger partial charge in [0, 0.05) is 5.92 Å². The highest BCUT2D eigenvalue weighted by Gasteiger charge is 1.82. The predicted octanol–water partition coefficient (Wildman–Crippen LogP) is 3.72. The fraction of sp³-hybridized carbons (Fsp3) is 0.385. The topological polar surface area (TPSA) is 0 Å². The second-order valence-electron chi connectivity index (χ2n) is 2.86. The molecule has 0 amide bonds. The van der Waals surface area contributed by atoms with Gasteiger partial charge < -0.3 is 0 Å². The average Bonchev–Trinajstić information content (AvgIpc) is 2.16. The van der Waals surface area contributed by atoms with Crippen LogP contribution >= 0.6 is 0 Å². The Kier molecular flexibility index (Phi) is 8.04. The van der Waals surface area contributed by atoms with Crippen molar-refractivity contribution < 1.29 is 0 Å². The van der Waals surface area contributed by atoms with Gasteiger partial charge in [0.2, 0.25) is 0 Å². The van der Waals surface area contributed by atoms with Crippen LogP contribution in [-0.4, -0.2) is 0 Å². The molecular weight excluding hydrogens is 156 g/mol. The first-order chi connectivity index (χ1) is 6.31. The monoisotopic (exact) mass is 174 g/mol. The van der Waals surface area contributed by atoms with Crippen LogP contribution in [-0.2, 0) is 0 Å². The summed E-state index contributed by atoms with van der Waals surface area (Å²) in [5.41, 5.74) is 0. The molecule has 0 heterocycles. The lowest BCUT2D eigenvalue weighted by molar-refractivity contribution is 0.985. The molecule has 70 valence electrons. The van der Waals surface area contributed by atoms with Gasteiger partial charge in [-0.25, -0.2) is 0 Å². The maximum atomic E-state index is 3.66. The molecular formula is C13H18. The van der Waals surface area contributed by atoms with Gasteiger partial charge in [0.1, 0.15) is 0 Å². The largest absolute Gasteiger partial charge is 0.102 e. The van der Waals surface area contributed by atoms with Crippen molar-refractivity contribution in [1.29, 1.82) is 0 Å². The van der Waals surface area contributed by atoms with E-state index in [2.05, 4.69) is 36.6 Å². The molecule has 0 aliphatic carbocycles. The Balaban J connectivity index is 3.59. The molecule has 0 aliphatic rings. The van der Waals surface area contributed by atoms with E-state index in [9.17, 15) is 0 Å². The minimum atomic E-state index is 0.292. The Labute approximate surface area is 82.0 Å². The van der Waals surface area contributed by atoms with Crippen molar-refractivity contribution in [3.63, 3.8) is 0 Å². The number of hydrogen-bond donors (Lipinski definition) is 0. The first-order valence-corrected chi connectivity index (χ1v) is 4.71. The second-order valence-corrected chi connectivity index (χ2v) is 2.86. The van der Waals surface area contributed by atoms with E-state index in [-0.39, 0.29) is 0 Å². The number of hydrogen-bond acceptors (Lipinski definition) is 0.